The zero-order valence-electron chi connectivity index (χ0n) is 21.3. The van der Waals surface area contributed by atoms with Crippen LogP contribution >= 0.6 is 8.38 Å². The van der Waals surface area contributed by atoms with Gasteiger partial charge in [-0.1, -0.05) is 89.1 Å². The molecule has 0 N–H and O–H groups in total. The number of benzene rings is 2. The minimum absolute atomic E-state index is 0.0311. The number of rotatable bonds is 3. The summed E-state index contributed by atoms with van der Waals surface area (Å²) in [5.74, 6) is 0. The van der Waals surface area contributed by atoms with Gasteiger partial charge in [-0.25, -0.2) is 0 Å². The van der Waals surface area contributed by atoms with E-state index in [9.17, 15) is 0 Å². The van der Waals surface area contributed by atoms with E-state index >= 15 is 0 Å². The molecule has 3 heteroatoms. The molecule has 0 unspecified atom stereocenters. The van der Waals surface area contributed by atoms with Crippen LogP contribution in [0.5, 0.6) is 0 Å². The fourth-order valence-electron chi connectivity index (χ4n) is 5.71. The Bertz CT molecular complexity index is 902. The van der Waals surface area contributed by atoms with Gasteiger partial charge < -0.3 is 9.05 Å². The van der Waals surface area contributed by atoms with Gasteiger partial charge >= 0.3 is 0 Å². The Balaban J connectivity index is 1.91. The van der Waals surface area contributed by atoms with Crippen molar-refractivity contribution in [1.82, 2.24) is 0 Å². The van der Waals surface area contributed by atoms with Crippen molar-refractivity contribution in [3.05, 3.63) is 69.8 Å². The smallest absolute Gasteiger partial charge is 0.178 e. The lowest BCUT2D eigenvalue weighted by molar-refractivity contribution is 0.0315. The van der Waals surface area contributed by atoms with Gasteiger partial charge in [0.25, 0.3) is 0 Å². The SMILES string of the molecule is Cc1ccc(C2(c3ccc(C)cc3C(C)(C)C)CCC(P3OCO3)CC2)c(C(C)(C)C)c1. The van der Waals surface area contributed by atoms with Crippen LogP contribution in [0.25, 0.3) is 0 Å². The van der Waals surface area contributed by atoms with Gasteiger partial charge in [-0.3, -0.25) is 0 Å². The zero-order chi connectivity index (χ0) is 23.3. The van der Waals surface area contributed by atoms with Crippen LogP contribution in [-0.2, 0) is 25.3 Å². The number of aryl methyl sites for hydroxylation is 2. The molecule has 0 radical (unpaired) electrons. The second-order valence-corrected chi connectivity index (χ2v) is 13.9. The summed E-state index contributed by atoms with van der Waals surface area (Å²) in [7, 11) is -0.666. The molecule has 1 aliphatic carbocycles. The van der Waals surface area contributed by atoms with Gasteiger partial charge in [0.1, 0.15) is 0 Å². The van der Waals surface area contributed by atoms with E-state index in [4.69, 9.17) is 9.05 Å². The first-order valence-corrected chi connectivity index (χ1v) is 13.4. The third kappa shape index (κ3) is 4.44. The summed E-state index contributed by atoms with van der Waals surface area (Å²) < 4.78 is 11.6. The van der Waals surface area contributed by atoms with Crippen LogP contribution in [0.2, 0.25) is 0 Å². The summed E-state index contributed by atoms with van der Waals surface area (Å²) >= 11 is 0. The average molecular weight is 453 g/mol. The van der Waals surface area contributed by atoms with Crippen LogP contribution in [-0.4, -0.2) is 12.5 Å². The Kier molecular flexibility index (Phi) is 6.38. The predicted octanol–water partition coefficient (Wildman–Crippen LogP) is 8.44. The highest BCUT2D eigenvalue weighted by molar-refractivity contribution is 7.49. The molecule has 1 aliphatic heterocycles. The van der Waals surface area contributed by atoms with E-state index in [1.54, 1.807) is 0 Å². The molecule has 0 atom stereocenters. The maximum Gasteiger partial charge on any atom is 0.178 e. The summed E-state index contributed by atoms with van der Waals surface area (Å²) in [5.41, 5.74) is 9.56. The van der Waals surface area contributed by atoms with Crippen molar-refractivity contribution in [3.8, 4) is 0 Å². The lowest BCUT2D eigenvalue weighted by Gasteiger charge is -2.47. The van der Waals surface area contributed by atoms with Crippen molar-refractivity contribution in [2.45, 2.75) is 103 Å². The Morgan fingerprint density at radius 1 is 0.750 bits per heavy atom. The van der Waals surface area contributed by atoms with Crippen molar-refractivity contribution in [3.63, 3.8) is 0 Å². The van der Waals surface area contributed by atoms with E-state index in [1.807, 2.05) is 0 Å². The van der Waals surface area contributed by atoms with E-state index in [2.05, 4.69) is 91.8 Å². The van der Waals surface area contributed by atoms with Gasteiger partial charge in [-0.2, -0.15) is 0 Å². The molecule has 2 aliphatic rings. The summed E-state index contributed by atoms with van der Waals surface area (Å²) in [6.07, 6.45) is 4.64. The minimum Gasteiger partial charge on any atom is -0.306 e. The maximum absolute atomic E-state index is 5.78. The average Bonchev–Trinajstić information content (AvgIpc) is 2.66. The molecule has 0 spiro atoms. The molecule has 1 heterocycles. The molecule has 4 rings (SSSR count). The van der Waals surface area contributed by atoms with Crippen molar-refractivity contribution < 1.29 is 9.05 Å². The second kappa shape index (κ2) is 8.53. The first-order valence-electron chi connectivity index (χ1n) is 12.2. The van der Waals surface area contributed by atoms with E-state index in [-0.39, 0.29) is 16.2 Å². The molecule has 2 fully saturated rings. The molecule has 1 saturated heterocycles. The minimum atomic E-state index is -0.666. The Morgan fingerprint density at radius 2 is 1.19 bits per heavy atom. The van der Waals surface area contributed by atoms with Crippen molar-refractivity contribution in [2.24, 2.45) is 0 Å². The highest BCUT2D eigenvalue weighted by Crippen LogP contribution is 2.60. The Labute approximate surface area is 197 Å². The fourth-order valence-corrected chi connectivity index (χ4v) is 7.03. The highest BCUT2D eigenvalue weighted by atomic mass is 31.2. The second-order valence-electron chi connectivity index (χ2n) is 12.1. The normalized spacial score (nSPS) is 20.2. The van der Waals surface area contributed by atoms with Gasteiger partial charge in [0.15, 0.2) is 15.2 Å². The standard InChI is InChI=1S/C29H41O2P/c1-20-9-11-23(25(17-20)27(3,4)5)29(15-13-22(14-16-29)32-30-19-31-32)24-12-10-21(2)18-26(24)28(6,7)8/h9-12,17-18,22H,13-16,19H2,1-8H3. The zero-order valence-corrected chi connectivity index (χ0v) is 22.2. The van der Waals surface area contributed by atoms with Crippen LogP contribution in [0.1, 0.15) is 101 Å². The number of hydrogen-bond donors (Lipinski definition) is 0. The van der Waals surface area contributed by atoms with Gasteiger partial charge in [0.05, 0.1) is 0 Å². The molecule has 0 bridgehead atoms. The summed E-state index contributed by atoms with van der Waals surface area (Å²) in [6, 6.07) is 14.4. The highest BCUT2D eigenvalue weighted by Gasteiger charge is 2.46. The predicted molar refractivity (Wildman–Crippen MR) is 137 cm³/mol. The van der Waals surface area contributed by atoms with E-state index in [0.717, 1.165) is 12.8 Å². The molecule has 0 amide bonds. The molecule has 1 saturated carbocycles. The van der Waals surface area contributed by atoms with Crippen LogP contribution in [0.4, 0.5) is 0 Å². The molecular weight excluding hydrogens is 411 g/mol. The monoisotopic (exact) mass is 452 g/mol. The topological polar surface area (TPSA) is 18.5 Å². The van der Waals surface area contributed by atoms with E-state index < -0.39 is 8.38 Å². The van der Waals surface area contributed by atoms with Gasteiger partial charge in [-0.05, 0) is 72.6 Å². The third-order valence-electron chi connectivity index (χ3n) is 7.46. The molecule has 32 heavy (non-hydrogen) atoms. The summed E-state index contributed by atoms with van der Waals surface area (Å²) in [6.45, 7) is 19.1. The first-order chi connectivity index (χ1) is 14.9. The van der Waals surface area contributed by atoms with Crippen molar-refractivity contribution in [1.29, 1.82) is 0 Å². The molecule has 2 aromatic carbocycles. The summed E-state index contributed by atoms with van der Waals surface area (Å²) in [5, 5.41) is 0. The first kappa shape index (κ1) is 23.9. The number of hydrogen-bond acceptors (Lipinski definition) is 2. The van der Waals surface area contributed by atoms with Gasteiger partial charge in [0.2, 0.25) is 0 Å². The van der Waals surface area contributed by atoms with Gasteiger partial charge in [0, 0.05) is 11.1 Å². The maximum atomic E-state index is 5.78. The Morgan fingerprint density at radius 3 is 1.53 bits per heavy atom. The van der Waals surface area contributed by atoms with Crippen LogP contribution in [0.15, 0.2) is 36.4 Å². The largest absolute Gasteiger partial charge is 0.306 e. The molecule has 174 valence electrons. The van der Waals surface area contributed by atoms with Crippen LogP contribution in [0, 0.1) is 13.8 Å². The third-order valence-corrected chi connectivity index (χ3v) is 9.30. The molecular formula is C29H41O2P. The van der Waals surface area contributed by atoms with E-state index in [1.165, 1.54) is 46.2 Å². The summed E-state index contributed by atoms with van der Waals surface area (Å²) in [4.78, 5) is 0. The quantitative estimate of drug-likeness (QED) is 0.435. The lowest BCUT2D eigenvalue weighted by atomic mass is 9.59. The van der Waals surface area contributed by atoms with Crippen LogP contribution in [0.3, 0.4) is 0 Å². The Hall–Kier alpha value is -1.21. The fraction of sp³-hybridized carbons (Fsp3) is 0.586. The molecule has 2 nitrogen and oxygen atoms in total. The lowest BCUT2D eigenvalue weighted by Crippen LogP contribution is -2.39. The van der Waals surface area contributed by atoms with E-state index in [0.29, 0.717) is 12.5 Å². The molecule has 2 aromatic rings. The molecule has 0 aromatic heterocycles. The van der Waals surface area contributed by atoms with Gasteiger partial charge in [-0.15, -0.1) is 0 Å². The van der Waals surface area contributed by atoms with Crippen molar-refractivity contribution >= 4 is 8.38 Å². The van der Waals surface area contributed by atoms with Crippen LogP contribution < -0.4 is 0 Å². The van der Waals surface area contributed by atoms with Crippen molar-refractivity contribution in [2.75, 3.05) is 6.79 Å².